The molecular weight excluding hydrogens is 354 g/mol. The van der Waals surface area contributed by atoms with Gasteiger partial charge in [-0.3, -0.25) is 14.4 Å². The highest BCUT2D eigenvalue weighted by Crippen LogP contribution is 2.32. The number of benzene rings is 1. The number of hydrogen-bond donors (Lipinski definition) is 1. The molecule has 28 heavy (non-hydrogen) atoms. The Bertz CT molecular complexity index is 961. The van der Waals surface area contributed by atoms with E-state index in [4.69, 9.17) is 0 Å². The van der Waals surface area contributed by atoms with Gasteiger partial charge in [-0.1, -0.05) is 32.0 Å². The highest BCUT2D eigenvalue weighted by Gasteiger charge is 2.37. The van der Waals surface area contributed by atoms with Crippen LogP contribution < -0.4 is 5.56 Å². The lowest BCUT2D eigenvalue weighted by atomic mass is 10.0. The van der Waals surface area contributed by atoms with Crippen molar-refractivity contribution in [2.75, 3.05) is 19.6 Å². The number of amides is 2. The van der Waals surface area contributed by atoms with E-state index >= 15 is 0 Å². The highest BCUT2D eigenvalue weighted by atomic mass is 16.2. The van der Waals surface area contributed by atoms with Crippen LogP contribution in [0.25, 0.3) is 10.9 Å². The first-order valence-electron chi connectivity index (χ1n) is 10.1. The van der Waals surface area contributed by atoms with Gasteiger partial charge in [0.1, 0.15) is 0 Å². The monoisotopic (exact) mass is 381 g/mol. The molecule has 2 heterocycles. The number of aromatic nitrogens is 1. The Morgan fingerprint density at radius 1 is 1.21 bits per heavy atom. The van der Waals surface area contributed by atoms with Gasteiger partial charge >= 0.3 is 0 Å². The second-order valence-corrected chi connectivity index (χ2v) is 8.39. The molecule has 1 aromatic carbocycles. The molecule has 6 nitrogen and oxygen atoms in total. The summed E-state index contributed by atoms with van der Waals surface area (Å²) >= 11 is 0. The molecule has 2 aromatic rings. The van der Waals surface area contributed by atoms with Crippen molar-refractivity contribution < 1.29 is 9.59 Å². The van der Waals surface area contributed by atoms with Crippen LogP contribution in [0.1, 0.15) is 43.5 Å². The Kier molecular flexibility index (Phi) is 4.96. The third-order valence-electron chi connectivity index (χ3n) is 5.91. The molecule has 1 atom stereocenters. The molecule has 1 saturated carbocycles. The quantitative estimate of drug-likeness (QED) is 0.885. The number of aromatic amines is 1. The van der Waals surface area contributed by atoms with Crippen molar-refractivity contribution in [1.29, 1.82) is 0 Å². The Labute approximate surface area is 164 Å². The van der Waals surface area contributed by atoms with Crippen LogP contribution in [0.15, 0.2) is 35.1 Å². The maximum absolute atomic E-state index is 13.4. The van der Waals surface area contributed by atoms with Crippen molar-refractivity contribution in [1.82, 2.24) is 14.8 Å². The van der Waals surface area contributed by atoms with Crippen LogP contribution in [0.2, 0.25) is 0 Å². The number of fused-ring (bicyclic) bond motifs is 1. The van der Waals surface area contributed by atoms with Crippen LogP contribution in [-0.4, -0.2) is 52.3 Å². The predicted molar refractivity (Wildman–Crippen MR) is 108 cm³/mol. The number of rotatable bonds is 4. The molecule has 1 aliphatic heterocycles. The Balaban J connectivity index is 1.66. The maximum Gasteiger partial charge on any atom is 0.254 e. The molecule has 1 aliphatic carbocycles. The number of hydrogen-bond acceptors (Lipinski definition) is 3. The minimum absolute atomic E-state index is 0.00723. The molecule has 4 rings (SSSR count). The topological polar surface area (TPSA) is 73.5 Å². The maximum atomic E-state index is 13.4. The molecule has 1 saturated heterocycles. The van der Waals surface area contributed by atoms with Gasteiger partial charge in [0.05, 0.1) is 11.6 Å². The molecule has 1 N–H and O–H groups in total. The van der Waals surface area contributed by atoms with E-state index in [9.17, 15) is 14.4 Å². The molecule has 6 heteroatoms. The molecular formula is C22H27N3O3. The zero-order valence-corrected chi connectivity index (χ0v) is 16.5. The van der Waals surface area contributed by atoms with Crippen LogP contribution in [0.4, 0.5) is 0 Å². The first-order chi connectivity index (χ1) is 13.4. The van der Waals surface area contributed by atoms with E-state index in [2.05, 4.69) is 18.8 Å². The van der Waals surface area contributed by atoms with Gasteiger partial charge in [-0.05, 0) is 30.7 Å². The molecule has 2 aliphatic rings. The molecule has 0 spiro atoms. The van der Waals surface area contributed by atoms with Gasteiger partial charge in [0.25, 0.3) is 5.91 Å². The van der Waals surface area contributed by atoms with Gasteiger partial charge in [-0.15, -0.1) is 0 Å². The summed E-state index contributed by atoms with van der Waals surface area (Å²) in [4.78, 5) is 44.8. The van der Waals surface area contributed by atoms with Crippen LogP contribution in [0, 0.1) is 11.8 Å². The summed E-state index contributed by atoms with van der Waals surface area (Å²) in [6.07, 6.45) is 2.72. The summed E-state index contributed by atoms with van der Waals surface area (Å²) in [5, 5.41) is 0.735. The van der Waals surface area contributed by atoms with E-state index in [-0.39, 0.29) is 29.3 Å². The summed E-state index contributed by atoms with van der Waals surface area (Å²) in [7, 11) is 0. The van der Waals surface area contributed by atoms with Crippen molar-refractivity contribution >= 4 is 22.7 Å². The van der Waals surface area contributed by atoms with Crippen LogP contribution >= 0.6 is 0 Å². The van der Waals surface area contributed by atoms with E-state index in [0.717, 1.165) is 11.9 Å². The van der Waals surface area contributed by atoms with E-state index in [0.29, 0.717) is 36.5 Å². The van der Waals surface area contributed by atoms with E-state index in [1.54, 1.807) is 11.0 Å². The molecule has 0 radical (unpaired) electrons. The molecule has 2 amide bonds. The minimum atomic E-state index is -0.288. The number of pyridine rings is 1. The fourth-order valence-corrected chi connectivity index (χ4v) is 4.10. The summed E-state index contributed by atoms with van der Waals surface area (Å²) in [6, 6.07) is 8.73. The standard InChI is InChI=1S/C22H27N3O3/c1-14(2)19-13-24(10-9-21(27)25(19)12-15-7-8-15)22(28)17-11-20(26)23-18-6-4-3-5-16(17)18/h3-6,11,14-15,19H,7-10,12-13H2,1-2H3,(H,23,26)/t19-/m1/s1. The predicted octanol–water partition coefficient (Wildman–Crippen LogP) is 2.64. The molecule has 148 valence electrons. The van der Waals surface area contributed by atoms with Gasteiger partial charge in [0.2, 0.25) is 11.5 Å². The number of carbonyl (C=O) groups is 2. The SMILES string of the molecule is CC(C)[C@H]1CN(C(=O)c2cc(=O)[nH]c3ccccc23)CCC(=O)N1CC1CC1. The second kappa shape index (κ2) is 7.41. The van der Waals surface area contributed by atoms with E-state index < -0.39 is 0 Å². The zero-order chi connectivity index (χ0) is 19.8. The van der Waals surface area contributed by atoms with Crippen molar-refractivity contribution in [3.8, 4) is 0 Å². The summed E-state index contributed by atoms with van der Waals surface area (Å²) in [6.45, 7) is 5.92. The van der Waals surface area contributed by atoms with E-state index in [1.807, 2.05) is 23.1 Å². The lowest BCUT2D eigenvalue weighted by Crippen LogP contribution is -2.48. The van der Waals surface area contributed by atoms with Gasteiger partial charge < -0.3 is 14.8 Å². The first kappa shape index (κ1) is 18.7. The Morgan fingerprint density at radius 3 is 2.68 bits per heavy atom. The van der Waals surface area contributed by atoms with Crippen molar-refractivity contribution in [2.24, 2.45) is 11.8 Å². The van der Waals surface area contributed by atoms with Gasteiger partial charge in [0.15, 0.2) is 0 Å². The Hall–Kier alpha value is -2.63. The lowest BCUT2D eigenvalue weighted by molar-refractivity contribution is -0.133. The smallest absolute Gasteiger partial charge is 0.254 e. The first-order valence-corrected chi connectivity index (χ1v) is 10.1. The van der Waals surface area contributed by atoms with Crippen molar-refractivity contribution in [2.45, 2.75) is 39.2 Å². The molecule has 1 aromatic heterocycles. The third-order valence-corrected chi connectivity index (χ3v) is 5.91. The normalized spacial score (nSPS) is 20.7. The van der Waals surface area contributed by atoms with Crippen LogP contribution in [-0.2, 0) is 4.79 Å². The third kappa shape index (κ3) is 3.68. The fourth-order valence-electron chi connectivity index (χ4n) is 4.10. The fraction of sp³-hybridized carbons (Fsp3) is 0.500. The minimum Gasteiger partial charge on any atom is -0.337 e. The van der Waals surface area contributed by atoms with Crippen LogP contribution in [0.3, 0.4) is 0 Å². The highest BCUT2D eigenvalue weighted by molar-refractivity contribution is 6.06. The number of para-hydroxylation sites is 1. The largest absolute Gasteiger partial charge is 0.337 e. The molecule has 0 unspecified atom stereocenters. The number of nitrogens with one attached hydrogen (secondary N) is 1. The summed E-state index contributed by atoms with van der Waals surface area (Å²) in [5.41, 5.74) is 0.772. The second-order valence-electron chi connectivity index (χ2n) is 8.39. The molecule has 2 fully saturated rings. The van der Waals surface area contributed by atoms with Crippen molar-refractivity contribution in [3.63, 3.8) is 0 Å². The van der Waals surface area contributed by atoms with Crippen LogP contribution in [0.5, 0.6) is 0 Å². The average Bonchev–Trinajstić information content (AvgIpc) is 3.50. The summed E-state index contributed by atoms with van der Waals surface area (Å²) in [5.74, 6) is 0.835. The van der Waals surface area contributed by atoms with Crippen molar-refractivity contribution in [3.05, 3.63) is 46.2 Å². The number of H-pyrrole nitrogens is 1. The lowest BCUT2D eigenvalue weighted by Gasteiger charge is -2.35. The average molecular weight is 381 g/mol. The Morgan fingerprint density at radius 2 is 1.96 bits per heavy atom. The zero-order valence-electron chi connectivity index (χ0n) is 16.5. The van der Waals surface area contributed by atoms with Gasteiger partial charge in [0, 0.05) is 43.0 Å². The van der Waals surface area contributed by atoms with E-state index in [1.165, 1.54) is 18.9 Å². The van der Waals surface area contributed by atoms with Gasteiger partial charge in [-0.25, -0.2) is 0 Å². The number of nitrogens with zero attached hydrogens (tertiary/aromatic N) is 2. The number of carbonyl (C=O) groups excluding carboxylic acids is 2. The molecule has 0 bridgehead atoms. The van der Waals surface area contributed by atoms with Gasteiger partial charge in [-0.2, -0.15) is 0 Å². The summed E-state index contributed by atoms with van der Waals surface area (Å²) < 4.78 is 0.